The second-order valence-corrected chi connectivity index (χ2v) is 5.55. The molecule has 6 nitrogen and oxygen atoms in total. The quantitative estimate of drug-likeness (QED) is 0.744. The van der Waals surface area contributed by atoms with Crippen LogP contribution in [0.25, 0.3) is 11.5 Å². The Morgan fingerprint density at radius 3 is 2.84 bits per heavy atom. The van der Waals surface area contributed by atoms with E-state index in [1.54, 1.807) is 30.3 Å². The number of benzene rings is 2. The van der Waals surface area contributed by atoms with Gasteiger partial charge in [-0.15, -0.1) is 0 Å². The van der Waals surface area contributed by atoms with E-state index in [-0.39, 0.29) is 17.6 Å². The molecule has 128 valence electrons. The molecule has 0 spiro atoms. The van der Waals surface area contributed by atoms with E-state index in [0.717, 1.165) is 0 Å². The molecule has 1 aromatic heterocycles. The van der Waals surface area contributed by atoms with Gasteiger partial charge in [0, 0.05) is 10.6 Å². The van der Waals surface area contributed by atoms with Crippen molar-refractivity contribution >= 4 is 23.5 Å². The fraction of sp³-hybridized carbons (Fsp3) is 0.118. The van der Waals surface area contributed by atoms with Gasteiger partial charge in [-0.25, -0.2) is 4.39 Å². The first-order valence-electron chi connectivity index (χ1n) is 7.34. The molecule has 0 unspecified atom stereocenters. The summed E-state index contributed by atoms with van der Waals surface area (Å²) in [5.41, 5.74) is 0.621. The van der Waals surface area contributed by atoms with E-state index in [1.807, 2.05) is 0 Å². The molecule has 1 N–H and O–H groups in total. The molecule has 1 amide bonds. The van der Waals surface area contributed by atoms with Gasteiger partial charge in [0.25, 0.3) is 17.7 Å². The Morgan fingerprint density at radius 2 is 2.08 bits per heavy atom. The van der Waals surface area contributed by atoms with Crippen LogP contribution < -0.4 is 10.1 Å². The maximum absolute atomic E-state index is 13.6. The zero-order valence-electron chi connectivity index (χ0n) is 13.1. The number of aromatic nitrogens is 2. The number of hydrogen-bond donors (Lipinski definition) is 1. The summed E-state index contributed by atoms with van der Waals surface area (Å²) in [5, 5.41) is 6.65. The Kier molecular flexibility index (Phi) is 4.95. The second-order valence-electron chi connectivity index (χ2n) is 5.11. The molecule has 0 aliphatic carbocycles. The van der Waals surface area contributed by atoms with Crippen molar-refractivity contribution in [1.82, 2.24) is 10.1 Å². The molecular formula is C17H13ClFN3O3. The number of amides is 1. The molecule has 1 atom stereocenters. The summed E-state index contributed by atoms with van der Waals surface area (Å²) in [6.45, 7) is 1.49. The third-order valence-corrected chi connectivity index (χ3v) is 3.48. The molecule has 0 saturated carbocycles. The van der Waals surface area contributed by atoms with Crippen molar-refractivity contribution in [2.45, 2.75) is 13.0 Å². The van der Waals surface area contributed by atoms with Crippen LogP contribution in [0.1, 0.15) is 6.92 Å². The van der Waals surface area contributed by atoms with E-state index in [0.29, 0.717) is 10.6 Å². The van der Waals surface area contributed by atoms with Crippen LogP contribution in [-0.2, 0) is 4.79 Å². The van der Waals surface area contributed by atoms with Crippen molar-refractivity contribution in [2.75, 3.05) is 5.32 Å². The molecule has 3 aromatic rings. The van der Waals surface area contributed by atoms with Gasteiger partial charge < -0.3 is 9.26 Å². The Morgan fingerprint density at radius 1 is 1.28 bits per heavy atom. The van der Waals surface area contributed by atoms with E-state index >= 15 is 0 Å². The lowest BCUT2D eigenvalue weighted by molar-refractivity contribution is -0.122. The third kappa shape index (κ3) is 4.13. The van der Waals surface area contributed by atoms with Crippen molar-refractivity contribution in [3.05, 3.63) is 59.4 Å². The van der Waals surface area contributed by atoms with Gasteiger partial charge in [-0.2, -0.15) is 4.98 Å². The number of nitrogens with one attached hydrogen (secondary N) is 1. The van der Waals surface area contributed by atoms with Crippen molar-refractivity contribution in [1.29, 1.82) is 0 Å². The summed E-state index contributed by atoms with van der Waals surface area (Å²) in [6, 6.07) is 12.7. The minimum absolute atomic E-state index is 0.0159. The van der Waals surface area contributed by atoms with Crippen molar-refractivity contribution < 1.29 is 18.4 Å². The number of ether oxygens (including phenoxy) is 1. The zero-order valence-corrected chi connectivity index (χ0v) is 13.8. The summed E-state index contributed by atoms with van der Waals surface area (Å²) in [5.74, 6) is -0.922. The molecular weight excluding hydrogens is 349 g/mol. The maximum Gasteiger partial charge on any atom is 0.270 e. The lowest BCUT2D eigenvalue weighted by atomic mass is 10.2. The lowest BCUT2D eigenvalue weighted by Gasteiger charge is -2.13. The first kappa shape index (κ1) is 16.9. The van der Waals surface area contributed by atoms with Crippen LogP contribution in [0.3, 0.4) is 0 Å². The van der Waals surface area contributed by atoms with Crippen LogP contribution >= 0.6 is 11.6 Å². The predicted molar refractivity (Wildman–Crippen MR) is 89.9 cm³/mol. The normalized spacial score (nSPS) is 11.8. The molecule has 0 bridgehead atoms. The molecule has 0 saturated heterocycles. The fourth-order valence-corrected chi connectivity index (χ4v) is 2.20. The summed E-state index contributed by atoms with van der Waals surface area (Å²) < 4.78 is 23.9. The van der Waals surface area contributed by atoms with Crippen molar-refractivity contribution in [3.8, 4) is 17.2 Å². The van der Waals surface area contributed by atoms with Crippen LogP contribution in [0.15, 0.2) is 53.1 Å². The molecule has 25 heavy (non-hydrogen) atoms. The molecule has 0 aliphatic rings. The zero-order chi connectivity index (χ0) is 17.8. The predicted octanol–water partition coefficient (Wildman–Crippen LogP) is 3.94. The first-order valence-corrected chi connectivity index (χ1v) is 7.72. The van der Waals surface area contributed by atoms with Crippen LogP contribution in [0.2, 0.25) is 5.02 Å². The van der Waals surface area contributed by atoms with Crippen molar-refractivity contribution in [2.24, 2.45) is 0 Å². The summed E-state index contributed by atoms with van der Waals surface area (Å²) in [7, 11) is 0. The standard InChI is InChI=1S/C17H13ClFN3O3/c1-10(24-14-8-3-2-7-13(14)19)15(23)20-17-21-16(25-22-17)11-5-4-6-12(18)9-11/h2-10H,1H3,(H,20,22,23)/t10-/m0/s1. The van der Waals surface area contributed by atoms with Crippen LogP contribution in [0.5, 0.6) is 5.75 Å². The number of halogens is 2. The molecule has 2 aromatic carbocycles. The Bertz CT molecular complexity index is 900. The molecule has 8 heteroatoms. The summed E-state index contributed by atoms with van der Waals surface area (Å²) in [6.07, 6.45) is -0.954. The minimum atomic E-state index is -0.954. The van der Waals surface area contributed by atoms with Gasteiger partial charge in [0.1, 0.15) is 0 Å². The van der Waals surface area contributed by atoms with Gasteiger partial charge >= 0.3 is 0 Å². The van der Waals surface area contributed by atoms with Crippen LogP contribution in [0, 0.1) is 5.82 Å². The summed E-state index contributed by atoms with van der Waals surface area (Å²) in [4.78, 5) is 16.2. The molecule has 0 radical (unpaired) electrons. The minimum Gasteiger partial charge on any atom is -0.478 e. The number of nitrogens with zero attached hydrogens (tertiary/aromatic N) is 2. The molecule has 3 rings (SSSR count). The highest BCUT2D eigenvalue weighted by Gasteiger charge is 2.19. The van der Waals surface area contributed by atoms with E-state index < -0.39 is 17.8 Å². The number of para-hydroxylation sites is 1. The van der Waals surface area contributed by atoms with Crippen LogP contribution in [-0.4, -0.2) is 22.2 Å². The highest BCUT2D eigenvalue weighted by molar-refractivity contribution is 6.30. The van der Waals surface area contributed by atoms with Gasteiger partial charge in [-0.05, 0) is 42.4 Å². The Labute approximate surface area is 147 Å². The molecule has 1 heterocycles. The average Bonchev–Trinajstić information content (AvgIpc) is 3.05. The highest BCUT2D eigenvalue weighted by Crippen LogP contribution is 2.22. The van der Waals surface area contributed by atoms with E-state index in [9.17, 15) is 9.18 Å². The van der Waals surface area contributed by atoms with E-state index in [4.69, 9.17) is 20.9 Å². The van der Waals surface area contributed by atoms with Gasteiger partial charge in [-0.3, -0.25) is 10.1 Å². The lowest BCUT2D eigenvalue weighted by Crippen LogP contribution is -2.30. The monoisotopic (exact) mass is 361 g/mol. The number of carbonyl (C=O) groups is 1. The number of hydrogen-bond acceptors (Lipinski definition) is 5. The highest BCUT2D eigenvalue weighted by atomic mass is 35.5. The molecule has 0 fully saturated rings. The van der Waals surface area contributed by atoms with Gasteiger partial charge in [0.2, 0.25) is 0 Å². The van der Waals surface area contributed by atoms with Crippen molar-refractivity contribution in [3.63, 3.8) is 0 Å². The topological polar surface area (TPSA) is 77.2 Å². The molecule has 0 aliphatic heterocycles. The first-order chi connectivity index (χ1) is 12.0. The van der Waals surface area contributed by atoms with Gasteiger partial charge in [0.05, 0.1) is 0 Å². The number of rotatable bonds is 5. The second kappa shape index (κ2) is 7.31. The smallest absolute Gasteiger partial charge is 0.270 e. The number of carbonyl (C=O) groups excluding carboxylic acids is 1. The van der Waals surface area contributed by atoms with Gasteiger partial charge in [0.15, 0.2) is 17.7 Å². The summed E-state index contributed by atoms with van der Waals surface area (Å²) >= 11 is 5.91. The van der Waals surface area contributed by atoms with Crippen LogP contribution in [0.4, 0.5) is 10.3 Å². The maximum atomic E-state index is 13.6. The third-order valence-electron chi connectivity index (χ3n) is 3.24. The van der Waals surface area contributed by atoms with E-state index in [1.165, 1.54) is 25.1 Å². The SMILES string of the molecule is C[C@H](Oc1ccccc1F)C(=O)Nc1noc(-c2cccc(Cl)c2)n1. The van der Waals surface area contributed by atoms with E-state index in [2.05, 4.69) is 15.5 Å². The fourth-order valence-electron chi connectivity index (χ4n) is 2.01. The Hall–Kier alpha value is -2.93. The largest absolute Gasteiger partial charge is 0.478 e. The average molecular weight is 362 g/mol. The Balaban J connectivity index is 1.66. The van der Waals surface area contributed by atoms with Gasteiger partial charge in [-0.1, -0.05) is 29.8 Å². The number of anilines is 1.